The number of amides is 1. The van der Waals surface area contributed by atoms with Crippen LogP contribution < -0.4 is 11.1 Å². The Morgan fingerprint density at radius 2 is 1.87 bits per heavy atom. The number of nitrogens with one attached hydrogen (secondary N) is 1. The van der Waals surface area contributed by atoms with Crippen molar-refractivity contribution in [1.82, 2.24) is 5.32 Å². The fourth-order valence-electron chi connectivity index (χ4n) is 2.63. The largest absolute Gasteiger partial charge is 0.466 e. The first kappa shape index (κ1) is 26.1. The van der Waals surface area contributed by atoms with Gasteiger partial charge in [0.15, 0.2) is 10.8 Å². The van der Waals surface area contributed by atoms with Gasteiger partial charge in [0.2, 0.25) is 0 Å². The molecule has 1 heterocycles. The van der Waals surface area contributed by atoms with Crippen molar-refractivity contribution in [3.05, 3.63) is 21.4 Å². The Balaban J connectivity index is 2.86. The van der Waals surface area contributed by atoms with Gasteiger partial charge in [0.05, 0.1) is 18.1 Å². The third kappa shape index (κ3) is 8.45. The number of aryl methyl sites for hydroxylation is 2. The molecule has 1 atom stereocenters. The molecule has 3 N–H and O–H groups in total. The summed E-state index contributed by atoms with van der Waals surface area (Å²) in [5, 5.41) is 2.63. The molecule has 8 nitrogen and oxygen atoms in total. The molecule has 0 fully saturated rings. The van der Waals surface area contributed by atoms with E-state index in [0.29, 0.717) is 4.88 Å². The number of thioether (sulfide) groups is 1. The average Bonchev–Trinajstić information content (AvgIpc) is 3.04. The lowest BCUT2D eigenvalue weighted by molar-refractivity contribution is -0.152. The number of ether oxygens (including phenoxy) is 2. The van der Waals surface area contributed by atoms with Crippen LogP contribution in [-0.2, 0) is 30.3 Å². The maximum absolute atomic E-state index is 12.8. The lowest BCUT2D eigenvalue weighted by atomic mass is 10.0. The highest BCUT2D eigenvalue weighted by Crippen LogP contribution is 2.24. The summed E-state index contributed by atoms with van der Waals surface area (Å²) in [6, 6.07) is 1.92. The van der Waals surface area contributed by atoms with Crippen molar-refractivity contribution < 1.29 is 28.7 Å². The first-order chi connectivity index (χ1) is 14.1. The topological polar surface area (TPSA) is 125 Å². The summed E-state index contributed by atoms with van der Waals surface area (Å²) in [4.78, 5) is 49.4. The van der Waals surface area contributed by atoms with E-state index < -0.39 is 23.5 Å². The molecule has 0 saturated carbocycles. The molecule has 0 aromatic carbocycles. The van der Waals surface area contributed by atoms with Crippen LogP contribution in [0.2, 0.25) is 0 Å². The van der Waals surface area contributed by atoms with E-state index in [1.807, 2.05) is 6.07 Å². The highest BCUT2D eigenvalue weighted by molar-refractivity contribution is 8.13. The van der Waals surface area contributed by atoms with Crippen LogP contribution in [0.4, 0.5) is 0 Å². The summed E-state index contributed by atoms with van der Waals surface area (Å²) in [6.07, 6.45) is 1.28. The van der Waals surface area contributed by atoms with E-state index >= 15 is 0 Å². The second-order valence-corrected chi connectivity index (χ2v) is 9.03. The molecule has 0 aliphatic rings. The predicted octanol–water partition coefficient (Wildman–Crippen LogP) is 2.56. The summed E-state index contributed by atoms with van der Waals surface area (Å²) >= 11 is 2.59. The van der Waals surface area contributed by atoms with Crippen LogP contribution in [0.25, 0.3) is 0 Å². The van der Waals surface area contributed by atoms with Gasteiger partial charge in [0.1, 0.15) is 0 Å². The fraction of sp³-hybridized carbons (Fsp3) is 0.600. The van der Waals surface area contributed by atoms with Crippen molar-refractivity contribution in [3.63, 3.8) is 0 Å². The van der Waals surface area contributed by atoms with E-state index in [9.17, 15) is 19.2 Å². The number of nitrogens with two attached hydrogens (primary N) is 1. The minimum absolute atomic E-state index is 0.0819. The molecule has 0 spiro atoms. The van der Waals surface area contributed by atoms with Crippen LogP contribution in [0.5, 0.6) is 0 Å². The number of hydrogen-bond donors (Lipinski definition) is 2. The van der Waals surface area contributed by atoms with E-state index in [2.05, 4.69) is 5.32 Å². The molecule has 0 unspecified atom stereocenters. The monoisotopic (exact) mass is 458 g/mol. The first-order valence-corrected chi connectivity index (χ1v) is 11.6. The second kappa shape index (κ2) is 12.7. The van der Waals surface area contributed by atoms with Gasteiger partial charge in [-0.3, -0.25) is 20.1 Å². The summed E-state index contributed by atoms with van der Waals surface area (Å²) in [7, 11) is 0. The number of rotatable bonds is 12. The van der Waals surface area contributed by atoms with Crippen LogP contribution in [0.15, 0.2) is 6.07 Å². The van der Waals surface area contributed by atoms with Crippen LogP contribution in [0, 0.1) is 6.92 Å². The summed E-state index contributed by atoms with van der Waals surface area (Å²) < 4.78 is 9.87. The first-order valence-electron chi connectivity index (χ1n) is 9.79. The Kier molecular flexibility index (Phi) is 11.1. The minimum Gasteiger partial charge on any atom is -0.466 e. The zero-order valence-corrected chi connectivity index (χ0v) is 19.5. The van der Waals surface area contributed by atoms with Crippen molar-refractivity contribution in [3.8, 4) is 0 Å². The molecule has 1 amide bonds. The lowest BCUT2D eigenvalue weighted by Crippen LogP contribution is -2.62. The number of thiophene rings is 1. The molecular weight excluding hydrogens is 428 g/mol. The van der Waals surface area contributed by atoms with Crippen molar-refractivity contribution in [2.45, 2.75) is 59.0 Å². The van der Waals surface area contributed by atoms with Gasteiger partial charge in [-0.25, -0.2) is 4.79 Å². The van der Waals surface area contributed by atoms with Gasteiger partial charge in [0, 0.05) is 30.4 Å². The second-order valence-electron chi connectivity index (χ2n) is 6.62. The maximum atomic E-state index is 12.8. The fourth-order valence-corrected chi connectivity index (χ4v) is 4.31. The smallest absolute Gasteiger partial charge is 0.346 e. The molecule has 1 rings (SSSR count). The molecule has 0 aliphatic heterocycles. The van der Waals surface area contributed by atoms with Gasteiger partial charge >= 0.3 is 11.9 Å². The SMILES string of the molecule is CCOC(=O)CC[C@@](N)(NC(=O)c1sc(CCCSC(C)=O)cc1C)C(=O)OCC. The van der Waals surface area contributed by atoms with Gasteiger partial charge in [-0.2, -0.15) is 0 Å². The van der Waals surface area contributed by atoms with E-state index in [1.165, 1.54) is 30.0 Å². The number of esters is 2. The molecule has 0 radical (unpaired) electrons. The molecule has 0 saturated heterocycles. The molecule has 30 heavy (non-hydrogen) atoms. The summed E-state index contributed by atoms with van der Waals surface area (Å²) in [5.41, 5.74) is 5.08. The Morgan fingerprint density at radius 3 is 2.47 bits per heavy atom. The maximum Gasteiger partial charge on any atom is 0.346 e. The summed E-state index contributed by atoms with van der Waals surface area (Å²) in [5.74, 6) is -1.10. The quantitative estimate of drug-likeness (QED) is 0.278. The zero-order valence-electron chi connectivity index (χ0n) is 17.9. The number of hydrogen-bond acceptors (Lipinski definition) is 9. The third-order valence-corrected chi connectivity index (χ3v) is 6.25. The molecule has 0 aliphatic carbocycles. The van der Waals surface area contributed by atoms with Crippen molar-refractivity contribution in [1.29, 1.82) is 0 Å². The predicted molar refractivity (Wildman–Crippen MR) is 117 cm³/mol. The summed E-state index contributed by atoms with van der Waals surface area (Å²) in [6.45, 7) is 6.95. The zero-order chi connectivity index (χ0) is 22.7. The molecule has 10 heteroatoms. The Morgan fingerprint density at radius 1 is 1.20 bits per heavy atom. The standard InChI is InChI=1S/C20H30N2O6S2/c1-5-27-16(24)9-10-20(21,19(26)28-6-2)22-18(25)17-13(3)12-15(30-17)8-7-11-29-14(4)23/h12H,5-11,21H2,1-4H3,(H,22,25)/t20-/m1/s1. The average molecular weight is 459 g/mol. The van der Waals surface area contributed by atoms with Crippen LogP contribution in [0.1, 0.15) is 60.1 Å². The third-order valence-electron chi connectivity index (χ3n) is 4.05. The van der Waals surface area contributed by atoms with Gasteiger partial charge in [-0.1, -0.05) is 11.8 Å². The van der Waals surface area contributed by atoms with Crippen molar-refractivity contribution in [2.24, 2.45) is 5.73 Å². The lowest BCUT2D eigenvalue weighted by Gasteiger charge is -2.27. The number of carbonyl (C=O) groups is 4. The van der Waals surface area contributed by atoms with Crippen LogP contribution in [-0.4, -0.2) is 47.6 Å². The van der Waals surface area contributed by atoms with Crippen LogP contribution in [0.3, 0.4) is 0 Å². The Hall–Kier alpha value is -1.91. The van der Waals surface area contributed by atoms with Gasteiger partial charge < -0.3 is 14.8 Å². The molecule has 1 aromatic heterocycles. The van der Waals surface area contributed by atoms with E-state index in [1.54, 1.807) is 20.8 Å². The Labute approximate surface area is 185 Å². The normalized spacial score (nSPS) is 12.7. The highest BCUT2D eigenvalue weighted by Gasteiger charge is 2.38. The van der Waals surface area contributed by atoms with Crippen LogP contribution >= 0.6 is 23.1 Å². The Bertz CT molecular complexity index is 764. The van der Waals surface area contributed by atoms with E-state index in [0.717, 1.165) is 29.0 Å². The molecule has 168 valence electrons. The van der Waals surface area contributed by atoms with Gasteiger partial charge in [-0.05, 0) is 45.2 Å². The van der Waals surface area contributed by atoms with Crippen molar-refractivity contribution in [2.75, 3.05) is 19.0 Å². The van der Waals surface area contributed by atoms with Gasteiger partial charge in [0.25, 0.3) is 5.91 Å². The highest BCUT2D eigenvalue weighted by atomic mass is 32.2. The van der Waals surface area contributed by atoms with Crippen molar-refractivity contribution >= 4 is 46.1 Å². The minimum atomic E-state index is -1.84. The molecule has 0 bridgehead atoms. The van der Waals surface area contributed by atoms with E-state index in [-0.39, 0.29) is 31.2 Å². The number of carbonyl (C=O) groups excluding carboxylic acids is 4. The molecule has 1 aromatic rings. The van der Waals surface area contributed by atoms with E-state index in [4.69, 9.17) is 15.2 Å². The molecular formula is C20H30N2O6S2. The van der Waals surface area contributed by atoms with Gasteiger partial charge in [-0.15, -0.1) is 11.3 Å².